The maximum atomic E-state index is 6.27. The van der Waals surface area contributed by atoms with Crippen LogP contribution >= 0.6 is 11.6 Å². The molecule has 0 fully saturated rings. The van der Waals surface area contributed by atoms with Gasteiger partial charge in [-0.05, 0) is 53.2 Å². The van der Waals surface area contributed by atoms with E-state index in [1.54, 1.807) is 0 Å². The van der Waals surface area contributed by atoms with E-state index in [0.717, 1.165) is 29.5 Å². The van der Waals surface area contributed by atoms with Crippen molar-refractivity contribution >= 4 is 17.4 Å². The molecule has 0 saturated carbocycles. The predicted molar refractivity (Wildman–Crippen MR) is 88.6 cm³/mol. The highest BCUT2D eigenvalue weighted by Gasteiger charge is 2.15. The number of hydrogen-bond acceptors (Lipinski definition) is 3. The lowest BCUT2D eigenvalue weighted by Crippen LogP contribution is -2.36. The number of halogens is 1. The molecule has 0 radical (unpaired) electrons. The summed E-state index contributed by atoms with van der Waals surface area (Å²) >= 11 is 6.27. The molecule has 0 aliphatic rings. The van der Waals surface area contributed by atoms with Crippen molar-refractivity contribution in [3.8, 4) is 0 Å². The molecule has 0 aliphatic carbocycles. The second-order valence-electron chi connectivity index (χ2n) is 6.49. The van der Waals surface area contributed by atoms with Gasteiger partial charge in [0.05, 0.1) is 10.7 Å². The van der Waals surface area contributed by atoms with Crippen molar-refractivity contribution in [3.63, 3.8) is 0 Å². The van der Waals surface area contributed by atoms with Gasteiger partial charge in [0.15, 0.2) is 0 Å². The van der Waals surface area contributed by atoms with Crippen LogP contribution in [0.3, 0.4) is 0 Å². The van der Waals surface area contributed by atoms with Gasteiger partial charge in [-0.1, -0.05) is 18.5 Å². The van der Waals surface area contributed by atoms with Gasteiger partial charge in [0, 0.05) is 24.7 Å². The molecule has 0 bridgehead atoms. The molecule has 1 N–H and O–H groups in total. The van der Waals surface area contributed by atoms with Crippen LogP contribution in [0.15, 0.2) is 12.1 Å². The van der Waals surface area contributed by atoms with Crippen LogP contribution in [0.5, 0.6) is 0 Å². The number of aromatic nitrogens is 1. The second kappa shape index (κ2) is 7.28. The molecule has 3 nitrogen and oxygen atoms in total. The predicted octanol–water partition coefficient (Wildman–Crippen LogP) is 4.25. The average molecular weight is 298 g/mol. The van der Waals surface area contributed by atoms with Crippen LogP contribution in [0.25, 0.3) is 0 Å². The van der Waals surface area contributed by atoms with Gasteiger partial charge >= 0.3 is 0 Å². The monoisotopic (exact) mass is 297 g/mol. The highest BCUT2D eigenvalue weighted by atomic mass is 35.5. The van der Waals surface area contributed by atoms with Crippen molar-refractivity contribution in [1.29, 1.82) is 0 Å². The van der Waals surface area contributed by atoms with E-state index in [-0.39, 0.29) is 5.54 Å². The van der Waals surface area contributed by atoms with E-state index in [0.29, 0.717) is 12.6 Å². The minimum Gasteiger partial charge on any atom is -0.354 e. The first-order valence-electron chi connectivity index (χ1n) is 7.41. The zero-order valence-corrected chi connectivity index (χ0v) is 14.4. The largest absolute Gasteiger partial charge is 0.354 e. The number of pyridine rings is 1. The van der Waals surface area contributed by atoms with E-state index in [9.17, 15) is 0 Å². The van der Waals surface area contributed by atoms with Crippen molar-refractivity contribution < 1.29 is 0 Å². The Bertz CT molecular complexity index is 424. The molecule has 1 rings (SSSR count). The van der Waals surface area contributed by atoms with Crippen LogP contribution in [-0.2, 0) is 6.54 Å². The highest BCUT2D eigenvalue weighted by molar-refractivity contribution is 6.31. The minimum atomic E-state index is 0.0577. The molecular formula is C16H28ClN3. The molecule has 0 atom stereocenters. The third-order valence-electron chi connectivity index (χ3n) is 3.07. The van der Waals surface area contributed by atoms with Gasteiger partial charge in [-0.3, -0.25) is 0 Å². The van der Waals surface area contributed by atoms with Crippen molar-refractivity contribution in [2.45, 2.75) is 66.1 Å². The van der Waals surface area contributed by atoms with E-state index in [4.69, 9.17) is 16.6 Å². The van der Waals surface area contributed by atoms with Crippen molar-refractivity contribution in [1.82, 2.24) is 10.3 Å². The Kier molecular flexibility index (Phi) is 6.28. The lowest BCUT2D eigenvalue weighted by molar-refractivity contribution is 0.421. The molecule has 0 unspecified atom stereocenters. The molecule has 1 aromatic rings. The normalized spacial score (nSPS) is 12.0. The van der Waals surface area contributed by atoms with Crippen LogP contribution < -0.4 is 10.2 Å². The molecule has 4 heteroatoms. The van der Waals surface area contributed by atoms with Crippen molar-refractivity contribution in [2.75, 3.05) is 11.4 Å². The first-order valence-corrected chi connectivity index (χ1v) is 7.79. The molecule has 0 spiro atoms. The molecule has 1 aromatic heterocycles. The summed E-state index contributed by atoms with van der Waals surface area (Å²) < 4.78 is 0. The Hall–Kier alpha value is -0.800. The SMILES string of the molecule is CCCN(c1ccc(Cl)c(CNC(C)(C)C)n1)C(C)C. The van der Waals surface area contributed by atoms with Gasteiger partial charge in [-0.2, -0.15) is 0 Å². The van der Waals surface area contributed by atoms with Gasteiger partial charge in [0.2, 0.25) is 0 Å². The summed E-state index contributed by atoms with van der Waals surface area (Å²) in [4.78, 5) is 7.06. The Morgan fingerprint density at radius 2 is 1.95 bits per heavy atom. The lowest BCUT2D eigenvalue weighted by atomic mass is 10.1. The third kappa shape index (κ3) is 5.29. The molecular weight excluding hydrogens is 270 g/mol. The Labute approximate surface area is 128 Å². The summed E-state index contributed by atoms with van der Waals surface area (Å²) in [6.07, 6.45) is 1.11. The summed E-state index contributed by atoms with van der Waals surface area (Å²) in [6, 6.07) is 4.40. The smallest absolute Gasteiger partial charge is 0.129 e. The van der Waals surface area contributed by atoms with Gasteiger partial charge < -0.3 is 10.2 Å². The van der Waals surface area contributed by atoms with E-state index in [1.165, 1.54) is 0 Å². The maximum Gasteiger partial charge on any atom is 0.129 e. The first kappa shape index (κ1) is 17.3. The average Bonchev–Trinajstić information content (AvgIpc) is 2.34. The first-order chi connectivity index (χ1) is 9.24. The number of nitrogens with zero attached hydrogens (tertiary/aromatic N) is 2. The summed E-state index contributed by atoms with van der Waals surface area (Å²) in [5, 5.41) is 4.17. The number of rotatable bonds is 6. The Morgan fingerprint density at radius 1 is 1.30 bits per heavy atom. The Balaban J connectivity index is 2.94. The zero-order chi connectivity index (χ0) is 15.3. The van der Waals surface area contributed by atoms with Crippen LogP contribution in [-0.4, -0.2) is 23.1 Å². The topological polar surface area (TPSA) is 28.2 Å². The van der Waals surface area contributed by atoms with E-state index >= 15 is 0 Å². The van der Waals surface area contributed by atoms with E-state index in [1.807, 2.05) is 12.1 Å². The summed E-state index contributed by atoms with van der Waals surface area (Å²) in [7, 11) is 0. The number of anilines is 1. The zero-order valence-electron chi connectivity index (χ0n) is 13.6. The van der Waals surface area contributed by atoms with E-state index in [2.05, 4.69) is 51.8 Å². The molecule has 114 valence electrons. The summed E-state index contributed by atoms with van der Waals surface area (Å²) in [6.45, 7) is 14.7. The Morgan fingerprint density at radius 3 is 2.45 bits per heavy atom. The van der Waals surface area contributed by atoms with Crippen LogP contribution in [0.2, 0.25) is 5.02 Å². The fourth-order valence-corrected chi connectivity index (χ4v) is 2.16. The van der Waals surface area contributed by atoms with Gasteiger partial charge in [-0.15, -0.1) is 0 Å². The molecule has 0 amide bonds. The fourth-order valence-electron chi connectivity index (χ4n) is 1.98. The third-order valence-corrected chi connectivity index (χ3v) is 3.42. The molecule has 0 saturated heterocycles. The summed E-state index contributed by atoms with van der Waals surface area (Å²) in [5.74, 6) is 1.01. The van der Waals surface area contributed by atoms with E-state index < -0.39 is 0 Å². The standard InChI is InChI=1S/C16H28ClN3/c1-7-10-20(12(2)3)15-9-8-13(17)14(19-15)11-18-16(4,5)6/h8-9,12,18H,7,10-11H2,1-6H3. The lowest BCUT2D eigenvalue weighted by Gasteiger charge is -2.28. The second-order valence-corrected chi connectivity index (χ2v) is 6.90. The maximum absolute atomic E-state index is 6.27. The molecule has 0 aromatic carbocycles. The minimum absolute atomic E-state index is 0.0577. The van der Waals surface area contributed by atoms with Crippen LogP contribution in [0.1, 0.15) is 53.7 Å². The summed E-state index contributed by atoms with van der Waals surface area (Å²) in [5.41, 5.74) is 0.975. The number of nitrogens with one attached hydrogen (secondary N) is 1. The molecule has 1 heterocycles. The number of hydrogen-bond donors (Lipinski definition) is 1. The molecule has 0 aliphatic heterocycles. The molecule has 20 heavy (non-hydrogen) atoms. The van der Waals surface area contributed by atoms with Gasteiger partial charge in [0.25, 0.3) is 0 Å². The fraction of sp³-hybridized carbons (Fsp3) is 0.688. The van der Waals surface area contributed by atoms with Gasteiger partial charge in [0.1, 0.15) is 5.82 Å². The highest BCUT2D eigenvalue weighted by Crippen LogP contribution is 2.21. The van der Waals surface area contributed by atoms with Gasteiger partial charge in [-0.25, -0.2) is 4.98 Å². The quantitative estimate of drug-likeness (QED) is 0.851. The van der Waals surface area contributed by atoms with Crippen molar-refractivity contribution in [2.24, 2.45) is 0 Å². The van der Waals surface area contributed by atoms with Crippen LogP contribution in [0, 0.1) is 0 Å². The van der Waals surface area contributed by atoms with Crippen molar-refractivity contribution in [3.05, 3.63) is 22.8 Å². The van der Waals surface area contributed by atoms with Crippen LogP contribution in [0.4, 0.5) is 5.82 Å².